The first-order chi connectivity index (χ1) is 10.3. The molecule has 0 radical (unpaired) electrons. The summed E-state index contributed by atoms with van der Waals surface area (Å²) in [6, 6.07) is 14.3. The molecule has 0 saturated heterocycles. The van der Waals surface area contributed by atoms with Gasteiger partial charge in [0, 0.05) is 5.56 Å². The SMILES string of the molecule is OC1CCCC1c1nc(-c2ccc3ccccc3c2)no1. The Balaban J connectivity index is 1.70. The average molecular weight is 280 g/mol. The number of benzene rings is 2. The molecule has 0 bridgehead atoms. The Labute approximate surface area is 122 Å². The predicted octanol–water partition coefficient (Wildman–Crippen LogP) is 3.52. The van der Waals surface area contributed by atoms with E-state index in [1.807, 2.05) is 18.2 Å². The molecule has 1 saturated carbocycles. The molecule has 106 valence electrons. The minimum absolute atomic E-state index is 0.00768. The van der Waals surface area contributed by atoms with Crippen molar-refractivity contribution in [2.75, 3.05) is 0 Å². The van der Waals surface area contributed by atoms with Crippen molar-refractivity contribution >= 4 is 10.8 Å². The van der Waals surface area contributed by atoms with E-state index >= 15 is 0 Å². The van der Waals surface area contributed by atoms with E-state index in [9.17, 15) is 5.11 Å². The molecular formula is C17H16N2O2. The maximum Gasteiger partial charge on any atom is 0.232 e. The van der Waals surface area contributed by atoms with Crippen LogP contribution in [-0.4, -0.2) is 21.4 Å². The molecule has 21 heavy (non-hydrogen) atoms. The highest BCUT2D eigenvalue weighted by atomic mass is 16.5. The molecule has 4 nitrogen and oxygen atoms in total. The van der Waals surface area contributed by atoms with Crippen molar-refractivity contribution in [1.29, 1.82) is 0 Å². The van der Waals surface area contributed by atoms with Crippen LogP contribution in [0.1, 0.15) is 31.1 Å². The zero-order valence-corrected chi connectivity index (χ0v) is 11.6. The Morgan fingerprint density at radius 2 is 1.90 bits per heavy atom. The summed E-state index contributed by atoms with van der Waals surface area (Å²) in [5.74, 6) is 1.14. The number of aliphatic hydroxyl groups is 1. The third kappa shape index (κ3) is 2.21. The van der Waals surface area contributed by atoms with Crippen molar-refractivity contribution in [2.24, 2.45) is 0 Å². The van der Waals surface area contributed by atoms with Crippen LogP contribution in [0.25, 0.3) is 22.2 Å². The lowest BCUT2D eigenvalue weighted by molar-refractivity contribution is 0.148. The Morgan fingerprint density at radius 3 is 2.71 bits per heavy atom. The molecule has 1 N–H and O–H groups in total. The number of fused-ring (bicyclic) bond motifs is 1. The Kier molecular flexibility index (Phi) is 2.97. The van der Waals surface area contributed by atoms with Crippen LogP contribution in [0.3, 0.4) is 0 Å². The zero-order chi connectivity index (χ0) is 14.2. The summed E-state index contributed by atoms with van der Waals surface area (Å²) in [7, 11) is 0. The molecule has 1 aliphatic rings. The van der Waals surface area contributed by atoms with E-state index in [0.29, 0.717) is 11.7 Å². The molecule has 3 aromatic rings. The van der Waals surface area contributed by atoms with Gasteiger partial charge in [0.05, 0.1) is 12.0 Å². The largest absolute Gasteiger partial charge is 0.392 e. The normalized spacial score (nSPS) is 22.0. The van der Waals surface area contributed by atoms with Gasteiger partial charge in [-0.25, -0.2) is 0 Å². The fourth-order valence-corrected chi connectivity index (χ4v) is 3.06. The topological polar surface area (TPSA) is 59.2 Å². The molecule has 0 amide bonds. The van der Waals surface area contributed by atoms with E-state index in [2.05, 4.69) is 34.4 Å². The third-order valence-corrected chi connectivity index (χ3v) is 4.25. The monoisotopic (exact) mass is 280 g/mol. The molecule has 2 aromatic carbocycles. The van der Waals surface area contributed by atoms with Crippen LogP contribution in [0.5, 0.6) is 0 Å². The first-order valence-electron chi connectivity index (χ1n) is 7.32. The Morgan fingerprint density at radius 1 is 1.05 bits per heavy atom. The second-order valence-electron chi connectivity index (χ2n) is 5.62. The summed E-state index contributed by atoms with van der Waals surface area (Å²) in [5, 5.41) is 16.4. The van der Waals surface area contributed by atoms with Gasteiger partial charge in [-0.3, -0.25) is 0 Å². The fraction of sp³-hybridized carbons (Fsp3) is 0.294. The number of rotatable bonds is 2. The second-order valence-corrected chi connectivity index (χ2v) is 5.62. The van der Waals surface area contributed by atoms with Gasteiger partial charge < -0.3 is 9.63 Å². The fourth-order valence-electron chi connectivity index (χ4n) is 3.06. The van der Waals surface area contributed by atoms with Gasteiger partial charge in [-0.2, -0.15) is 4.98 Å². The van der Waals surface area contributed by atoms with Gasteiger partial charge >= 0.3 is 0 Å². The standard InChI is InChI=1S/C17H16N2O2/c20-15-7-3-6-14(15)17-18-16(19-21-17)13-9-8-11-4-1-2-5-12(11)10-13/h1-2,4-5,8-10,14-15,20H,3,6-7H2. The van der Waals surface area contributed by atoms with Crippen molar-refractivity contribution in [1.82, 2.24) is 10.1 Å². The molecule has 1 aliphatic carbocycles. The molecule has 4 heteroatoms. The lowest BCUT2D eigenvalue weighted by Crippen LogP contribution is -2.11. The van der Waals surface area contributed by atoms with Crippen molar-refractivity contribution in [3.05, 3.63) is 48.4 Å². The van der Waals surface area contributed by atoms with E-state index in [1.54, 1.807) is 0 Å². The molecule has 2 unspecified atom stereocenters. The highest BCUT2D eigenvalue weighted by Crippen LogP contribution is 2.34. The van der Waals surface area contributed by atoms with Gasteiger partial charge in [-0.15, -0.1) is 0 Å². The minimum Gasteiger partial charge on any atom is -0.392 e. The van der Waals surface area contributed by atoms with Crippen molar-refractivity contribution in [3.8, 4) is 11.4 Å². The summed E-state index contributed by atoms with van der Waals surface area (Å²) >= 11 is 0. The highest BCUT2D eigenvalue weighted by Gasteiger charge is 2.31. The molecule has 2 atom stereocenters. The number of nitrogens with zero attached hydrogens (tertiary/aromatic N) is 2. The smallest absolute Gasteiger partial charge is 0.232 e. The van der Waals surface area contributed by atoms with Gasteiger partial charge in [0.2, 0.25) is 11.7 Å². The van der Waals surface area contributed by atoms with Crippen LogP contribution in [0.2, 0.25) is 0 Å². The molecular weight excluding hydrogens is 264 g/mol. The Hall–Kier alpha value is -2.20. The third-order valence-electron chi connectivity index (χ3n) is 4.25. The van der Waals surface area contributed by atoms with Crippen LogP contribution in [0, 0.1) is 0 Å². The summed E-state index contributed by atoms with van der Waals surface area (Å²) in [6.07, 6.45) is 2.40. The van der Waals surface area contributed by atoms with E-state index < -0.39 is 0 Å². The van der Waals surface area contributed by atoms with Gasteiger partial charge in [0.15, 0.2) is 0 Å². The number of hydrogen-bond acceptors (Lipinski definition) is 4. The van der Waals surface area contributed by atoms with Crippen LogP contribution < -0.4 is 0 Å². The van der Waals surface area contributed by atoms with Crippen molar-refractivity contribution < 1.29 is 9.63 Å². The summed E-state index contributed by atoms with van der Waals surface area (Å²) in [5.41, 5.74) is 0.941. The molecule has 1 fully saturated rings. The number of aromatic nitrogens is 2. The van der Waals surface area contributed by atoms with Crippen molar-refractivity contribution in [3.63, 3.8) is 0 Å². The molecule has 1 aromatic heterocycles. The van der Waals surface area contributed by atoms with E-state index in [0.717, 1.165) is 30.2 Å². The van der Waals surface area contributed by atoms with Crippen LogP contribution in [-0.2, 0) is 0 Å². The lowest BCUT2D eigenvalue weighted by Gasteiger charge is -2.07. The van der Waals surface area contributed by atoms with Gasteiger partial charge in [-0.1, -0.05) is 41.6 Å². The van der Waals surface area contributed by atoms with Gasteiger partial charge in [-0.05, 0) is 36.1 Å². The van der Waals surface area contributed by atoms with Crippen molar-refractivity contribution in [2.45, 2.75) is 31.3 Å². The summed E-state index contributed by atoms with van der Waals surface area (Å²) in [6.45, 7) is 0. The highest BCUT2D eigenvalue weighted by molar-refractivity contribution is 5.86. The summed E-state index contributed by atoms with van der Waals surface area (Å²) < 4.78 is 5.36. The molecule has 1 heterocycles. The van der Waals surface area contributed by atoms with Gasteiger partial charge in [0.1, 0.15) is 0 Å². The van der Waals surface area contributed by atoms with Gasteiger partial charge in [0.25, 0.3) is 0 Å². The second kappa shape index (κ2) is 4.97. The predicted molar refractivity (Wildman–Crippen MR) is 79.8 cm³/mol. The van der Waals surface area contributed by atoms with E-state index in [4.69, 9.17) is 4.52 Å². The minimum atomic E-state index is -0.352. The molecule has 0 aliphatic heterocycles. The van der Waals surface area contributed by atoms with Crippen LogP contribution in [0.4, 0.5) is 0 Å². The zero-order valence-electron chi connectivity index (χ0n) is 11.6. The lowest BCUT2D eigenvalue weighted by atomic mass is 10.1. The number of aliphatic hydroxyl groups excluding tert-OH is 1. The maximum atomic E-state index is 9.94. The van der Waals surface area contributed by atoms with Crippen LogP contribution in [0.15, 0.2) is 47.0 Å². The average Bonchev–Trinajstić information content (AvgIpc) is 3.15. The number of hydrogen-bond donors (Lipinski definition) is 1. The van der Waals surface area contributed by atoms with E-state index in [1.165, 1.54) is 5.39 Å². The summed E-state index contributed by atoms with van der Waals surface area (Å²) in [4.78, 5) is 4.48. The Bertz CT molecular complexity index is 781. The maximum absolute atomic E-state index is 9.94. The van der Waals surface area contributed by atoms with Crippen LogP contribution >= 0.6 is 0 Å². The molecule has 4 rings (SSSR count). The van der Waals surface area contributed by atoms with E-state index in [-0.39, 0.29) is 12.0 Å². The molecule has 0 spiro atoms. The first kappa shape index (κ1) is 12.5. The quantitative estimate of drug-likeness (QED) is 0.780. The first-order valence-corrected chi connectivity index (χ1v) is 7.32.